The smallest absolute Gasteiger partial charge is 0.0478 e. The second-order valence-corrected chi connectivity index (χ2v) is 6.22. The largest absolute Gasteiger partial charge is 0.382 e. The van der Waals surface area contributed by atoms with Crippen LogP contribution in [0.5, 0.6) is 0 Å². The number of nitrogens with zero attached hydrogens (tertiary/aromatic N) is 1. The molecule has 0 radical (unpaired) electrons. The molecule has 0 aliphatic carbocycles. The summed E-state index contributed by atoms with van der Waals surface area (Å²) in [5, 5.41) is 3.73. The first-order valence-corrected chi connectivity index (χ1v) is 8.22. The van der Waals surface area contributed by atoms with Crippen molar-refractivity contribution in [1.29, 1.82) is 0 Å². The Morgan fingerprint density at radius 3 is 2.74 bits per heavy atom. The number of hydrogen-bond donors (Lipinski definition) is 1. The first kappa shape index (κ1) is 16.9. The Morgan fingerprint density at radius 2 is 2.11 bits per heavy atom. The van der Waals surface area contributed by atoms with Gasteiger partial charge in [0, 0.05) is 44.9 Å². The first-order valence-electron chi connectivity index (χ1n) is 8.22. The van der Waals surface area contributed by atoms with Crippen LogP contribution >= 0.6 is 0 Å². The number of ether oxygens (including phenoxy) is 1. The molecule has 1 aliphatic rings. The molecular weight excluding hydrogens is 236 g/mol. The summed E-state index contributed by atoms with van der Waals surface area (Å²) >= 11 is 0. The van der Waals surface area contributed by atoms with Crippen LogP contribution in [0.3, 0.4) is 0 Å². The van der Waals surface area contributed by atoms with Crippen LogP contribution in [0, 0.1) is 5.92 Å². The third-order valence-corrected chi connectivity index (χ3v) is 3.93. The molecular formula is C16H34N2O. The van der Waals surface area contributed by atoms with E-state index in [0.717, 1.165) is 31.7 Å². The minimum Gasteiger partial charge on any atom is -0.382 e. The summed E-state index contributed by atoms with van der Waals surface area (Å²) in [4.78, 5) is 2.70. The highest BCUT2D eigenvalue weighted by Gasteiger charge is 2.27. The van der Waals surface area contributed by atoms with Crippen LogP contribution in [0.2, 0.25) is 0 Å². The molecule has 0 saturated carbocycles. The van der Waals surface area contributed by atoms with Crippen molar-refractivity contribution in [2.24, 2.45) is 5.92 Å². The molecule has 0 aromatic heterocycles. The van der Waals surface area contributed by atoms with E-state index < -0.39 is 0 Å². The van der Waals surface area contributed by atoms with Crippen molar-refractivity contribution >= 4 is 0 Å². The predicted octanol–water partition coefficient (Wildman–Crippen LogP) is 2.90. The summed E-state index contributed by atoms with van der Waals surface area (Å²) in [7, 11) is 0. The standard InChI is InChI=1S/C16H34N2O/c1-5-8-15-13-18(9-7-10-19-6-2)16(12-17-15)11-14(3)4/h14-17H,5-13H2,1-4H3. The van der Waals surface area contributed by atoms with E-state index in [1.165, 1.54) is 38.8 Å². The Kier molecular flexibility index (Phi) is 8.67. The van der Waals surface area contributed by atoms with E-state index in [-0.39, 0.29) is 0 Å². The van der Waals surface area contributed by atoms with Gasteiger partial charge in [-0.2, -0.15) is 0 Å². The number of piperazine rings is 1. The normalized spacial score (nSPS) is 25.1. The average Bonchev–Trinajstić information content (AvgIpc) is 2.37. The molecule has 1 rings (SSSR count). The summed E-state index contributed by atoms with van der Waals surface area (Å²) in [6, 6.07) is 1.41. The Labute approximate surface area is 120 Å². The third-order valence-electron chi connectivity index (χ3n) is 3.93. The van der Waals surface area contributed by atoms with Crippen molar-refractivity contribution in [1.82, 2.24) is 10.2 Å². The van der Waals surface area contributed by atoms with Crippen LogP contribution in [0.1, 0.15) is 53.4 Å². The van der Waals surface area contributed by atoms with Crippen LogP contribution < -0.4 is 5.32 Å². The van der Waals surface area contributed by atoms with Crippen molar-refractivity contribution in [3.63, 3.8) is 0 Å². The van der Waals surface area contributed by atoms with Crippen LogP contribution in [-0.4, -0.2) is 49.8 Å². The lowest BCUT2D eigenvalue weighted by atomic mass is 9.97. The molecule has 19 heavy (non-hydrogen) atoms. The molecule has 0 spiro atoms. The fourth-order valence-corrected chi connectivity index (χ4v) is 3.03. The summed E-state index contributed by atoms with van der Waals surface area (Å²) in [6.45, 7) is 14.3. The fraction of sp³-hybridized carbons (Fsp3) is 1.00. The molecule has 0 bridgehead atoms. The first-order chi connectivity index (χ1) is 9.17. The van der Waals surface area contributed by atoms with Gasteiger partial charge in [-0.3, -0.25) is 4.90 Å². The zero-order valence-corrected chi connectivity index (χ0v) is 13.5. The maximum absolute atomic E-state index is 5.47. The van der Waals surface area contributed by atoms with Crippen LogP contribution in [0.25, 0.3) is 0 Å². The number of hydrogen-bond acceptors (Lipinski definition) is 3. The van der Waals surface area contributed by atoms with Gasteiger partial charge in [-0.1, -0.05) is 27.2 Å². The molecule has 2 atom stereocenters. The van der Waals surface area contributed by atoms with Gasteiger partial charge in [0.25, 0.3) is 0 Å². The highest BCUT2D eigenvalue weighted by Crippen LogP contribution is 2.17. The van der Waals surface area contributed by atoms with Crippen molar-refractivity contribution < 1.29 is 4.74 Å². The molecule has 114 valence electrons. The summed E-state index contributed by atoms with van der Waals surface area (Å²) in [5.41, 5.74) is 0. The molecule has 0 aromatic carbocycles. The summed E-state index contributed by atoms with van der Waals surface area (Å²) in [6.07, 6.45) is 5.05. The minimum atomic E-state index is 0.695. The Hall–Kier alpha value is -0.120. The van der Waals surface area contributed by atoms with Crippen LogP contribution in [-0.2, 0) is 4.74 Å². The quantitative estimate of drug-likeness (QED) is 0.652. The van der Waals surface area contributed by atoms with Gasteiger partial charge in [-0.25, -0.2) is 0 Å². The van der Waals surface area contributed by atoms with Crippen molar-refractivity contribution in [3.05, 3.63) is 0 Å². The lowest BCUT2D eigenvalue weighted by Gasteiger charge is -2.41. The van der Waals surface area contributed by atoms with Crippen molar-refractivity contribution in [2.45, 2.75) is 65.5 Å². The maximum atomic E-state index is 5.47. The molecule has 1 aliphatic heterocycles. The molecule has 1 N–H and O–H groups in total. The van der Waals surface area contributed by atoms with Gasteiger partial charge in [0.05, 0.1) is 0 Å². The predicted molar refractivity (Wildman–Crippen MR) is 82.6 cm³/mol. The van der Waals surface area contributed by atoms with E-state index in [1.54, 1.807) is 0 Å². The van der Waals surface area contributed by atoms with Gasteiger partial charge in [0.15, 0.2) is 0 Å². The van der Waals surface area contributed by atoms with Gasteiger partial charge in [-0.15, -0.1) is 0 Å². The van der Waals surface area contributed by atoms with Crippen molar-refractivity contribution in [2.75, 3.05) is 32.8 Å². The van der Waals surface area contributed by atoms with E-state index >= 15 is 0 Å². The molecule has 1 fully saturated rings. The van der Waals surface area contributed by atoms with E-state index in [4.69, 9.17) is 4.74 Å². The lowest BCUT2D eigenvalue weighted by molar-refractivity contribution is 0.0866. The van der Waals surface area contributed by atoms with Gasteiger partial charge >= 0.3 is 0 Å². The maximum Gasteiger partial charge on any atom is 0.0478 e. The van der Waals surface area contributed by atoms with Gasteiger partial charge < -0.3 is 10.1 Å². The van der Waals surface area contributed by atoms with E-state index in [2.05, 4.69) is 37.9 Å². The third kappa shape index (κ3) is 6.73. The molecule has 0 amide bonds. The highest BCUT2D eigenvalue weighted by molar-refractivity contribution is 4.86. The fourth-order valence-electron chi connectivity index (χ4n) is 3.03. The van der Waals surface area contributed by atoms with Crippen molar-refractivity contribution in [3.8, 4) is 0 Å². The van der Waals surface area contributed by atoms with Crippen LogP contribution in [0.4, 0.5) is 0 Å². The number of nitrogens with one attached hydrogen (secondary N) is 1. The molecule has 2 unspecified atom stereocenters. The molecule has 1 saturated heterocycles. The topological polar surface area (TPSA) is 24.5 Å². The monoisotopic (exact) mass is 270 g/mol. The van der Waals surface area contributed by atoms with E-state index in [1.807, 2.05) is 0 Å². The lowest BCUT2D eigenvalue weighted by Crippen LogP contribution is -2.56. The summed E-state index contributed by atoms with van der Waals surface area (Å²) < 4.78 is 5.47. The van der Waals surface area contributed by atoms with Gasteiger partial charge in [0.2, 0.25) is 0 Å². The number of rotatable bonds is 9. The molecule has 1 heterocycles. The van der Waals surface area contributed by atoms with Gasteiger partial charge in [-0.05, 0) is 32.1 Å². The zero-order valence-electron chi connectivity index (χ0n) is 13.5. The zero-order chi connectivity index (χ0) is 14.1. The highest BCUT2D eigenvalue weighted by atomic mass is 16.5. The summed E-state index contributed by atoms with van der Waals surface area (Å²) in [5.74, 6) is 0.781. The SMILES string of the molecule is CCCC1CN(CCCOCC)C(CC(C)C)CN1. The Balaban J connectivity index is 2.40. The second kappa shape index (κ2) is 9.73. The van der Waals surface area contributed by atoms with E-state index in [9.17, 15) is 0 Å². The Bertz CT molecular complexity index is 221. The molecule has 0 aromatic rings. The average molecular weight is 270 g/mol. The van der Waals surface area contributed by atoms with Crippen LogP contribution in [0.15, 0.2) is 0 Å². The minimum absolute atomic E-state index is 0.695. The second-order valence-electron chi connectivity index (χ2n) is 6.22. The van der Waals surface area contributed by atoms with E-state index in [0.29, 0.717) is 6.04 Å². The van der Waals surface area contributed by atoms with Gasteiger partial charge in [0.1, 0.15) is 0 Å². The molecule has 3 heteroatoms. The molecule has 3 nitrogen and oxygen atoms in total. The Morgan fingerprint density at radius 1 is 1.32 bits per heavy atom.